The first-order chi connectivity index (χ1) is 6.08. The van der Waals surface area contributed by atoms with Crippen molar-refractivity contribution in [3.05, 3.63) is 11.8 Å². The van der Waals surface area contributed by atoms with Crippen molar-refractivity contribution in [3.63, 3.8) is 0 Å². The Morgan fingerprint density at radius 3 is 2.69 bits per heavy atom. The number of hydrogen-bond acceptors (Lipinski definition) is 2. The van der Waals surface area contributed by atoms with Crippen molar-refractivity contribution in [3.8, 4) is 0 Å². The highest BCUT2D eigenvalue weighted by molar-refractivity contribution is 5.63. The Bertz CT molecular complexity index is 211. The van der Waals surface area contributed by atoms with Crippen molar-refractivity contribution in [2.75, 3.05) is 0 Å². The van der Waals surface area contributed by atoms with Crippen LogP contribution >= 0.6 is 0 Å². The molecule has 0 amide bonds. The summed E-state index contributed by atoms with van der Waals surface area (Å²) in [6.45, 7) is 6.15. The number of nitrogens with zero attached hydrogens (tertiary/aromatic N) is 1. The van der Waals surface area contributed by atoms with Crippen molar-refractivity contribution in [2.24, 2.45) is 10.6 Å². The molecule has 13 heavy (non-hydrogen) atoms. The van der Waals surface area contributed by atoms with Gasteiger partial charge in [-0.15, -0.1) is 0 Å². The van der Waals surface area contributed by atoms with Crippen molar-refractivity contribution in [1.82, 2.24) is 0 Å². The molecule has 0 N–H and O–H groups in total. The second kappa shape index (κ2) is 4.45. The van der Waals surface area contributed by atoms with Gasteiger partial charge in [-0.2, -0.15) is 0 Å². The van der Waals surface area contributed by atoms with Crippen molar-refractivity contribution in [1.29, 1.82) is 0 Å². The molecule has 0 saturated carbocycles. The fraction of sp³-hybridized carbons (Fsp3) is 0.727. The summed E-state index contributed by atoms with van der Waals surface area (Å²) in [5.41, 5.74) is -0.0186. The first kappa shape index (κ1) is 10.3. The molecule has 0 aromatic heterocycles. The number of hydrogen-bond donors (Lipinski definition) is 0. The second-order valence-electron chi connectivity index (χ2n) is 4.46. The van der Waals surface area contributed by atoms with Crippen LogP contribution in [0.25, 0.3) is 0 Å². The van der Waals surface area contributed by atoms with Gasteiger partial charge in [0.25, 0.3) is 0 Å². The van der Waals surface area contributed by atoms with Gasteiger partial charge < -0.3 is 4.84 Å². The summed E-state index contributed by atoms with van der Waals surface area (Å²) in [4.78, 5) is 5.23. The van der Waals surface area contributed by atoms with Gasteiger partial charge in [0.2, 0.25) is 0 Å². The van der Waals surface area contributed by atoms with Gasteiger partial charge in [0.15, 0.2) is 0 Å². The van der Waals surface area contributed by atoms with Gasteiger partial charge >= 0.3 is 0 Å². The number of rotatable bonds is 2. The Morgan fingerprint density at radius 2 is 2.15 bits per heavy atom. The fourth-order valence-corrected chi connectivity index (χ4v) is 1.11. The van der Waals surface area contributed by atoms with Crippen LogP contribution in [-0.4, -0.2) is 6.21 Å². The molecule has 0 saturated heterocycles. The van der Waals surface area contributed by atoms with Crippen LogP contribution in [0.2, 0.25) is 0 Å². The molecular weight excluding hydrogens is 162 g/mol. The van der Waals surface area contributed by atoms with Gasteiger partial charge in [-0.3, -0.25) is 0 Å². The van der Waals surface area contributed by atoms with Crippen molar-refractivity contribution < 1.29 is 4.84 Å². The predicted molar refractivity (Wildman–Crippen MR) is 54.5 cm³/mol. The molecular formula is C11H18NO. The lowest BCUT2D eigenvalue weighted by atomic mass is 10.00. The fourth-order valence-electron chi connectivity index (χ4n) is 1.11. The standard InChI is InChI=1S/C11H18NO/c1-11(2,3)9-12-13-10-7-5-4-6-8-10/h7H,4-6,8H2,1-3H3. The molecule has 0 spiro atoms. The Labute approximate surface area is 80.7 Å². The molecule has 73 valence electrons. The van der Waals surface area contributed by atoms with E-state index in [1.54, 1.807) is 0 Å². The average molecular weight is 180 g/mol. The van der Waals surface area contributed by atoms with E-state index in [1.807, 2.05) is 0 Å². The third-order valence-electron chi connectivity index (χ3n) is 1.79. The van der Waals surface area contributed by atoms with Crippen LogP contribution in [0.5, 0.6) is 0 Å². The molecule has 0 bridgehead atoms. The topological polar surface area (TPSA) is 21.6 Å². The Kier molecular flexibility index (Phi) is 3.52. The van der Waals surface area contributed by atoms with Crippen LogP contribution in [0.15, 0.2) is 17.0 Å². The molecule has 0 unspecified atom stereocenters. The summed E-state index contributed by atoms with van der Waals surface area (Å²) in [6.07, 6.45) is 9.70. The van der Waals surface area contributed by atoms with E-state index in [-0.39, 0.29) is 5.41 Å². The van der Waals surface area contributed by atoms with Gasteiger partial charge in [0, 0.05) is 11.8 Å². The summed E-state index contributed by atoms with van der Waals surface area (Å²) in [5.74, 6) is 1.00. The molecule has 0 fully saturated rings. The molecule has 0 aliphatic heterocycles. The zero-order valence-electron chi connectivity index (χ0n) is 8.76. The van der Waals surface area contributed by atoms with E-state index >= 15 is 0 Å². The van der Waals surface area contributed by atoms with E-state index in [0.29, 0.717) is 0 Å². The summed E-state index contributed by atoms with van der Waals surface area (Å²) in [5, 5.41) is 3.85. The van der Waals surface area contributed by atoms with Crippen LogP contribution in [0.1, 0.15) is 46.5 Å². The summed E-state index contributed by atoms with van der Waals surface area (Å²) in [7, 11) is 0. The van der Waals surface area contributed by atoms with Crippen LogP contribution in [0.3, 0.4) is 0 Å². The summed E-state index contributed by atoms with van der Waals surface area (Å²) < 4.78 is 0. The predicted octanol–water partition coefficient (Wildman–Crippen LogP) is 3.37. The highest BCUT2D eigenvalue weighted by Crippen LogP contribution is 2.18. The molecule has 2 nitrogen and oxygen atoms in total. The quantitative estimate of drug-likeness (QED) is 0.471. The molecule has 2 heteroatoms. The largest absolute Gasteiger partial charge is 0.361 e. The van der Waals surface area contributed by atoms with Crippen LogP contribution in [-0.2, 0) is 4.84 Å². The second-order valence-corrected chi connectivity index (χ2v) is 4.46. The molecule has 0 atom stereocenters. The van der Waals surface area contributed by atoms with Gasteiger partial charge in [-0.25, -0.2) is 0 Å². The van der Waals surface area contributed by atoms with E-state index in [1.165, 1.54) is 12.8 Å². The summed E-state index contributed by atoms with van der Waals surface area (Å²) in [6, 6.07) is 0. The zero-order valence-corrected chi connectivity index (χ0v) is 8.76. The van der Waals surface area contributed by atoms with Gasteiger partial charge in [-0.1, -0.05) is 25.9 Å². The molecule has 0 aromatic carbocycles. The third kappa shape index (κ3) is 4.71. The highest BCUT2D eigenvalue weighted by Gasteiger charge is 2.08. The smallest absolute Gasteiger partial charge is 0.131 e. The lowest BCUT2D eigenvalue weighted by Gasteiger charge is -2.11. The van der Waals surface area contributed by atoms with E-state index in [9.17, 15) is 0 Å². The number of allylic oxidation sites excluding steroid dienone is 2. The van der Waals surface area contributed by atoms with Crippen LogP contribution < -0.4 is 0 Å². The Morgan fingerprint density at radius 1 is 1.38 bits per heavy atom. The van der Waals surface area contributed by atoms with E-state index < -0.39 is 0 Å². The van der Waals surface area contributed by atoms with E-state index in [0.717, 1.165) is 18.6 Å². The SMILES string of the molecule is CC(C)(C)/[C]=N/OC1=CCCCC1. The van der Waals surface area contributed by atoms with E-state index in [4.69, 9.17) is 4.84 Å². The lowest BCUT2D eigenvalue weighted by molar-refractivity contribution is 0.207. The monoisotopic (exact) mass is 180 g/mol. The Hall–Kier alpha value is -0.790. The van der Waals surface area contributed by atoms with Crippen LogP contribution in [0.4, 0.5) is 0 Å². The van der Waals surface area contributed by atoms with Crippen LogP contribution in [0, 0.1) is 5.41 Å². The first-order valence-corrected chi connectivity index (χ1v) is 4.91. The maximum Gasteiger partial charge on any atom is 0.131 e. The van der Waals surface area contributed by atoms with E-state index in [2.05, 4.69) is 38.2 Å². The normalized spacial score (nSPS) is 18.8. The van der Waals surface area contributed by atoms with Crippen molar-refractivity contribution in [2.45, 2.75) is 46.5 Å². The van der Waals surface area contributed by atoms with Gasteiger partial charge in [0.1, 0.15) is 12.0 Å². The molecule has 0 aromatic rings. The minimum Gasteiger partial charge on any atom is -0.361 e. The van der Waals surface area contributed by atoms with Gasteiger partial charge in [-0.05, 0) is 25.3 Å². The zero-order chi connectivity index (χ0) is 9.73. The Balaban J connectivity index is 2.33. The molecule has 1 aliphatic carbocycles. The average Bonchev–Trinajstić information content (AvgIpc) is 2.04. The maximum atomic E-state index is 5.23. The molecule has 0 heterocycles. The minimum atomic E-state index is -0.0186. The molecule has 1 radical (unpaired) electrons. The highest BCUT2D eigenvalue weighted by atomic mass is 16.6. The molecule has 1 aliphatic rings. The van der Waals surface area contributed by atoms with Gasteiger partial charge in [0.05, 0.1) is 0 Å². The van der Waals surface area contributed by atoms with Crippen molar-refractivity contribution >= 4 is 6.21 Å². The first-order valence-electron chi connectivity index (χ1n) is 4.91. The minimum absolute atomic E-state index is 0.0186. The maximum absolute atomic E-state index is 5.23. The third-order valence-corrected chi connectivity index (χ3v) is 1.79. The summed E-state index contributed by atoms with van der Waals surface area (Å²) >= 11 is 0. The molecule has 1 rings (SSSR count). The lowest BCUT2D eigenvalue weighted by Crippen LogP contribution is -2.06.